The third-order valence-electron chi connectivity index (χ3n) is 2.86. The topological polar surface area (TPSA) is 110 Å². The Morgan fingerprint density at radius 2 is 2.14 bits per heavy atom. The van der Waals surface area contributed by atoms with Gasteiger partial charge >= 0.3 is 0 Å². The summed E-state index contributed by atoms with van der Waals surface area (Å²) in [5.74, 6) is 5.40. The Balaban J connectivity index is 2.19. The molecule has 0 unspecified atom stereocenters. The molecule has 7 nitrogen and oxygen atoms in total. The quantitative estimate of drug-likeness (QED) is 0.562. The molecule has 0 amide bonds. The normalized spacial score (nSPS) is 11.4. The SMILES string of the molecule is Cc1ccncc1CNS(=O)(=O)c1cnc(NN)c(Cl)c1. The molecule has 2 aromatic rings. The fourth-order valence-corrected chi connectivity index (χ4v) is 2.87. The Morgan fingerprint density at radius 1 is 1.38 bits per heavy atom. The van der Waals surface area contributed by atoms with E-state index in [1.165, 1.54) is 12.3 Å². The van der Waals surface area contributed by atoms with Gasteiger partial charge in [-0.3, -0.25) is 4.98 Å². The lowest BCUT2D eigenvalue weighted by atomic mass is 10.2. The molecule has 0 aliphatic rings. The number of halogens is 1. The van der Waals surface area contributed by atoms with Crippen LogP contribution in [0.25, 0.3) is 0 Å². The first kappa shape index (κ1) is 15.6. The molecule has 0 saturated carbocycles. The standard InChI is InChI=1S/C12H14ClN5O2S/c1-8-2-3-15-5-9(8)6-17-21(19,20)10-4-11(13)12(18-14)16-7-10/h2-5,7,17H,6,14H2,1H3,(H,16,18). The molecule has 0 aromatic carbocycles. The minimum absolute atomic E-state index is 0.0342. The van der Waals surface area contributed by atoms with E-state index in [0.29, 0.717) is 0 Å². The van der Waals surface area contributed by atoms with E-state index in [2.05, 4.69) is 20.1 Å². The third-order valence-corrected chi connectivity index (χ3v) is 4.52. The summed E-state index contributed by atoms with van der Waals surface area (Å²) in [5, 5.41) is 0.123. The first-order valence-electron chi connectivity index (χ1n) is 5.95. The molecule has 0 saturated heterocycles. The average molecular weight is 328 g/mol. The maximum absolute atomic E-state index is 12.2. The van der Waals surface area contributed by atoms with Crippen LogP contribution in [-0.4, -0.2) is 18.4 Å². The number of hydrogen-bond acceptors (Lipinski definition) is 6. The van der Waals surface area contributed by atoms with E-state index in [-0.39, 0.29) is 22.3 Å². The molecule has 0 bridgehead atoms. The second kappa shape index (κ2) is 6.35. The number of nitrogens with two attached hydrogens (primary N) is 1. The number of rotatable bonds is 5. The predicted octanol–water partition coefficient (Wildman–Crippen LogP) is 1.20. The Morgan fingerprint density at radius 3 is 2.76 bits per heavy atom. The highest BCUT2D eigenvalue weighted by Gasteiger charge is 2.16. The van der Waals surface area contributed by atoms with Crippen molar-refractivity contribution in [3.8, 4) is 0 Å². The highest BCUT2D eigenvalue weighted by molar-refractivity contribution is 7.89. The average Bonchev–Trinajstić information content (AvgIpc) is 2.46. The third kappa shape index (κ3) is 3.67. The smallest absolute Gasteiger partial charge is 0.242 e. The lowest BCUT2D eigenvalue weighted by Gasteiger charge is -2.09. The van der Waals surface area contributed by atoms with E-state index in [1.54, 1.807) is 12.4 Å². The molecule has 2 rings (SSSR count). The minimum Gasteiger partial charge on any atom is -0.307 e. The van der Waals surface area contributed by atoms with E-state index in [9.17, 15) is 8.42 Å². The molecule has 0 atom stereocenters. The second-order valence-electron chi connectivity index (χ2n) is 4.27. The van der Waals surface area contributed by atoms with Crippen LogP contribution in [0.5, 0.6) is 0 Å². The van der Waals surface area contributed by atoms with Crippen LogP contribution in [0.4, 0.5) is 5.82 Å². The van der Waals surface area contributed by atoms with Gasteiger partial charge in [0, 0.05) is 25.1 Å². The number of aromatic nitrogens is 2. The van der Waals surface area contributed by atoms with Crippen LogP contribution in [0.1, 0.15) is 11.1 Å². The summed E-state index contributed by atoms with van der Waals surface area (Å²) in [6.07, 6.45) is 4.44. The summed E-state index contributed by atoms with van der Waals surface area (Å²) in [5.41, 5.74) is 4.02. The van der Waals surface area contributed by atoms with Gasteiger partial charge in [0.15, 0.2) is 5.82 Å². The molecule has 2 aromatic heterocycles. The summed E-state index contributed by atoms with van der Waals surface area (Å²) >= 11 is 5.87. The van der Waals surface area contributed by atoms with Gasteiger partial charge < -0.3 is 5.43 Å². The highest BCUT2D eigenvalue weighted by Crippen LogP contribution is 2.21. The zero-order chi connectivity index (χ0) is 15.5. The molecule has 21 heavy (non-hydrogen) atoms. The van der Waals surface area contributed by atoms with E-state index in [0.717, 1.165) is 11.1 Å². The largest absolute Gasteiger partial charge is 0.307 e. The number of nitrogen functional groups attached to an aromatic ring is 1. The zero-order valence-electron chi connectivity index (χ0n) is 11.2. The number of aryl methyl sites for hydroxylation is 1. The summed E-state index contributed by atoms with van der Waals surface area (Å²) in [6, 6.07) is 3.09. The first-order valence-corrected chi connectivity index (χ1v) is 7.81. The van der Waals surface area contributed by atoms with Crippen molar-refractivity contribution in [3.05, 3.63) is 46.9 Å². The van der Waals surface area contributed by atoms with E-state index in [1.807, 2.05) is 13.0 Å². The molecule has 0 aliphatic heterocycles. The van der Waals surface area contributed by atoms with Gasteiger partial charge in [-0.05, 0) is 30.2 Å². The summed E-state index contributed by atoms with van der Waals surface area (Å²) < 4.78 is 26.9. The van der Waals surface area contributed by atoms with Gasteiger partial charge in [0.25, 0.3) is 0 Å². The molecular weight excluding hydrogens is 314 g/mol. The zero-order valence-corrected chi connectivity index (χ0v) is 12.7. The molecule has 0 aliphatic carbocycles. The van der Waals surface area contributed by atoms with Crippen LogP contribution in [0.3, 0.4) is 0 Å². The number of nitrogens with one attached hydrogen (secondary N) is 2. The molecule has 0 radical (unpaired) electrons. The fraction of sp³-hybridized carbons (Fsp3) is 0.167. The van der Waals surface area contributed by atoms with Crippen LogP contribution >= 0.6 is 11.6 Å². The van der Waals surface area contributed by atoms with Crippen molar-refractivity contribution >= 4 is 27.4 Å². The van der Waals surface area contributed by atoms with Crippen molar-refractivity contribution in [2.75, 3.05) is 5.43 Å². The van der Waals surface area contributed by atoms with E-state index < -0.39 is 10.0 Å². The van der Waals surface area contributed by atoms with Crippen LogP contribution in [0, 0.1) is 6.92 Å². The molecule has 112 valence electrons. The molecule has 4 N–H and O–H groups in total. The number of pyridine rings is 2. The molecule has 2 heterocycles. The maximum Gasteiger partial charge on any atom is 0.242 e. The maximum atomic E-state index is 12.2. The van der Waals surface area contributed by atoms with E-state index in [4.69, 9.17) is 17.4 Å². The van der Waals surface area contributed by atoms with Gasteiger partial charge in [-0.25, -0.2) is 24.0 Å². The van der Waals surface area contributed by atoms with Crippen molar-refractivity contribution in [2.24, 2.45) is 5.84 Å². The molecular formula is C12H14ClN5O2S. The first-order chi connectivity index (χ1) is 9.94. The fourth-order valence-electron chi connectivity index (χ4n) is 1.61. The van der Waals surface area contributed by atoms with Crippen molar-refractivity contribution in [2.45, 2.75) is 18.4 Å². The highest BCUT2D eigenvalue weighted by atomic mass is 35.5. The Labute approximate surface area is 127 Å². The van der Waals surface area contributed by atoms with Crippen molar-refractivity contribution in [1.29, 1.82) is 0 Å². The van der Waals surface area contributed by atoms with Gasteiger partial charge in [-0.15, -0.1) is 0 Å². The van der Waals surface area contributed by atoms with Gasteiger partial charge in [-0.2, -0.15) is 0 Å². The van der Waals surface area contributed by atoms with Crippen LogP contribution < -0.4 is 16.0 Å². The van der Waals surface area contributed by atoms with Crippen molar-refractivity contribution in [3.63, 3.8) is 0 Å². The molecule has 0 fully saturated rings. The Bertz CT molecular complexity index is 751. The predicted molar refractivity (Wildman–Crippen MR) is 80.1 cm³/mol. The van der Waals surface area contributed by atoms with Gasteiger partial charge in [0.2, 0.25) is 10.0 Å². The summed E-state index contributed by atoms with van der Waals surface area (Å²) in [4.78, 5) is 7.77. The van der Waals surface area contributed by atoms with Crippen molar-refractivity contribution < 1.29 is 8.42 Å². The lowest BCUT2D eigenvalue weighted by molar-refractivity contribution is 0.580. The van der Waals surface area contributed by atoms with Crippen LogP contribution in [0.2, 0.25) is 5.02 Å². The number of hydrogen-bond donors (Lipinski definition) is 3. The number of hydrazine groups is 1. The van der Waals surface area contributed by atoms with Gasteiger partial charge in [-0.1, -0.05) is 11.6 Å². The minimum atomic E-state index is -3.72. The summed E-state index contributed by atoms with van der Waals surface area (Å²) in [6.45, 7) is 2.02. The summed E-state index contributed by atoms with van der Waals surface area (Å²) in [7, 11) is -3.72. The van der Waals surface area contributed by atoms with Crippen LogP contribution in [0.15, 0.2) is 35.6 Å². The number of anilines is 1. The van der Waals surface area contributed by atoms with Gasteiger partial charge in [0.05, 0.1) is 5.02 Å². The molecule has 0 spiro atoms. The molecule has 9 heteroatoms. The van der Waals surface area contributed by atoms with Crippen molar-refractivity contribution in [1.82, 2.24) is 14.7 Å². The number of nitrogens with zero attached hydrogens (tertiary/aromatic N) is 2. The monoisotopic (exact) mass is 327 g/mol. The van der Waals surface area contributed by atoms with Crippen LogP contribution in [-0.2, 0) is 16.6 Å². The van der Waals surface area contributed by atoms with E-state index >= 15 is 0 Å². The van der Waals surface area contributed by atoms with Gasteiger partial charge in [0.1, 0.15) is 4.90 Å². The Kier molecular flexibility index (Phi) is 4.73. The Hall–Kier alpha value is -1.74. The lowest BCUT2D eigenvalue weighted by Crippen LogP contribution is -2.24. The number of sulfonamides is 1. The second-order valence-corrected chi connectivity index (χ2v) is 6.45.